The first-order chi connectivity index (χ1) is 10.5. The van der Waals surface area contributed by atoms with E-state index in [0.29, 0.717) is 6.42 Å². The second-order valence-corrected chi connectivity index (χ2v) is 4.99. The van der Waals surface area contributed by atoms with Gasteiger partial charge >= 0.3 is 12.6 Å². The van der Waals surface area contributed by atoms with Gasteiger partial charge in [0.1, 0.15) is 11.6 Å². The van der Waals surface area contributed by atoms with Crippen molar-refractivity contribution in [2.45, 2.75) is 38.0 Å². The predicted molar refractivity (Wildman–Crippen MR) is 73.6 cm³/mol. The summed E-state index contributed by atoms with van der Waals surface area (Å²) in [7, 11) is 1.60. The van der Waals surface area contributed by atoms with Crippen molar-refractivity contribution in [3.05, 3.63) is 24.0 Å². The van der Waals surface area contributed by atoms with E-state index in [-0.39, 0.29) is 23.6 Å². The molecular formula is C14H17F3N2O3. The van der Waals surface area contributed by atoms with Crippen molar-refractivity contribution < 1.29 is 27.4 Å². The molecule has 0 aromatic heterocycles. The molecule has 22 heavy (non-hydrogen) atoms. The molecule has 1 aromatic rings. The Bertz CT molecular complexity index is 528. The summed E-state index contributed by atoms with van der Waals surface area (Å²) < 4.78 is 47.2. The molecule has 1 aromatic carbocycles. The average Bonchev–Trinajstić information content (AvgIpc) is 2.89. The molecule has 5 nitrogen and oxygen atoms in total. The van der Waals surface area contributed by atoms with Gasteiger partial charge in [0, 0.05) is 19.2 Å². The van der Waals surface area contributed by atoms with Gasteiger partial charge < -0.3 is 20.1 Å². The minimum atomic E-state index is -3.06. The van der Waals surface area contributed by atoms with Gasteiger partial charge in [-0.2, -0.15) is 8.78 Å². The van der Waals surface area contributed by atoms with Crippen molar-refractivity contribution in [2.24, 2.45) is 0 Å². The van der Waals surface area contributed by atoms with E-state index in [1.165, 1.54) is 0 Å². The number of methoxy groups -OCH3 is 1. The van der Waals surface area contributed by atoms with Crippen LogP contribution in [-0.4, -0.2) is 31.9 Å². The van der Waals surface area contributed by atoms with Crippen LogP contribution >= 0.6 is 0 Å². The number of anilines is 1. The Balaban J connectivity index is 1.97. The Labute approximate surface area is 125 Å². The summed E-state index contributed by atoms with van der Waals surface area (Å²) in [5.41, 5.74) is -0.154. The molecule has 122 valence electrons. The fourth-order valence-electron chi connectivity index (χ4n) is 2.43. The van der Waals surface area contributed by atoms with Crippen molar-refractivity contribution in [3.8, 4) is 5.75 Å². The molecular weight excluding hydrogens is 301 g/mol. The number of halogens is 3. The lowest BCUT2D eigenvalue weighted by atomic mass is 10.2. The normalized spacial score (nSPS) is 21.0. The number of hydrogen-bond acceptors (Lipinski definition) is 3. The molecule has 1 saturated carbocycles. The van der Waals surface area contributed by atoms with Gasteiger partial charge in [0.25, 0.3) is 0 Å². The molecule has 1 aliphatic carbocycles. The number of carbonyl (C=O) groups is 1. The Kier molecular flexibility index (Phi) is 5.48. The van der Waals surface area contributed by atoms with Crippen molar-refractivity contribution in [2.75, 3.05) is 12.4 Å². The molecule has 2 amide bonds. The van der Waals surface area contributed by atoms with Crippen LogP contribution in [0.15, 0.2) is 18.2 Å². The van der Waals surface area contributed by atoms with Crippen LogP contribution in [0.2, 0.25) is 0 Å². The van der Waals surface area contributed by atoms with Crippen LogP contribution in [-0.2, 0) is 4.74 Å². The second kappa shape index (κ2) is 7.35. The van der Waals surface area contributed by atoms with Gasteiger partial charge in [-0.25, -0.2) is 9.18 Å². The summed E-state index contributed by atoms with van der Waals surface area (Å²) in [6.07, 6.45) is 2.36. The highest BCUT2D eigenvalue weighted by atomic mass is 19.3. The molecule has 0 unspecified atom stereocenters. The van der Waals surface area contributed by atoms with Crippen molar-refractivity contribution >= 4 is 11.7 Å². The quantitative estimate of drug-likeness (QED) is 0.877. The highest BCUT2D eigenvalue weighted by Crippen LogP contribution is 2.27. The highest BCUT2D eigenvalue weighted by Gasteiger charge is 2.26. The van der Waals surface area contributed by atoms with Crippen LogP contribution in [0.3, 0.4) is 0 Å². The largest absolute Gasteiger partial charge is 0.433 e. The van der Waals surface area contributed by atoms with Crippen molar-refractivity contribution in [3.63, 3.8) is 0 Å². The van der Waals surface area contributed by atoms with Gasteiger partial charge in [0.2, 0.25) is 0 Å². The lowest BCUT2D eigenvalue weighted by Crippen LogP contribution is -2.36. The molecule has 0 spiro atoms. The average molecular weight is 318 g/mol. The number of amides is 2. The van der Waals surface area contributed by atoms with E-state index >= 15 is 0 Å². The smallest absolute Gasteiger partial charge is 0.387 e. The molecule has 2 rings (SSSR count). The number of alkyl halides is 2. The lowest BCUT2D eigenvalue weighted by Gasteiger charge is -2.16. The van der Waals surface area contributed by atoms with Crippen LogP contribution in [0.5, 0.6) is 5.75 Å². The van der Waals surface area contributed by atoms with Gasteiger partial charge in [-0.15, -0.1) is 0 Å². The fraction of sp³-hybridized carbons (Fsp3) is 0.500. The SMILES string of the molecule is CO[C@@H]1CC[C@@H](NC(=O)Nc2cc(F)ccc2OC(F)F)C1. The van der Waals surface area contributed by atoms with E-state index in [2.05, 4.69) is 15.4 Å². The minimum absolute atomic E-state index is 0.0713. The first-order valence-electron chi connectivity index (χ1n) is 6.82. The number of benzene rings is 1. The number of urea groups is 1. The van der Waals surface area contributed by atoms with Crippen LogP contribution in [0.1, 0.15) is 19.3 Å². The minimum Gasteiger partial charge on any atom is -0.433 e. The standard InChI is InChI=1S/C14H17F3N2O3/c1-21-10-4-3-9(7-10)18-14(20)19-11-6-8(15)2-5-12(11)22-13(16)17/h2,5-6,9-10,13H,3-4,7H2,1H3,(H2,18,19,20)/t9-,10-/m1/s1. The van der Waals surface area contributed by atoms with Gasteiger partial charge in [-0.3, -0.25) is 0 Å². The topological polar surface area (TPSA) is 59.6 Å². The summed E-state index contributed by atoms with van der Waals surface area (Å²) in [4.78, 5) is 11.9. The third-order valence-electron chi connectivity index (χ3n) is 3.46. The zero-order chi connectivity index (χ0) is 16.1. The first-order valence-corrected chi connectivity index (χ1v) is 6.82. The number of carbonyl (C=O) groups excluding carboxylic acids is 1. The van der Waals surface area contributed by atoms with E-state index in [9.17, 15) is 18.0 Å². The maximum Gasteiger partial charge on any atom is 0.387 e. The molecule has 0 saturated heterocycles. The zero-order valence-corrected chi connectivity index (χ0v) is 11.9. The zero-order valence-electron chi connectivity index (χ0n) is 11.9. The molecule has 0 radical (unpaired) electrons. The molecule has 2 atom stereocenters. The third-order valence-corrected chi connectivity index (χ3v) is 3.46. The van der Waals surface area contributed by atoms with E-state index in [1.807, 2.05) is 0 Å². The number of nitrogens with one attached hydrogen (secondary N) is 2. The predicted octanol–water partition coefficient (Wildman–Crippen LogP) is 3.12. The number of rotatable bonds is 5. The van der Waals surface area contributed by atoms with E-state index < -0.39 is 18.5 Å². The fourth-order valence-corrected chi connectivity index (χ4v) is 2.43. The monoisotopic (exact) mass is 318 g/mol. The van der Waals surface area contributed by atoms with Crippen LogP contribution in [0.4, 0.5) is 23.7 Å². The summed E-state index contributed by atoms with van der Waals surface area (Å²) in [6, 6.07) is 2.25. The van der Waals surface area contributed by atoms with Crippen molar-refractivity contribution in [1.82, 2.24) is 5.32 Å². The molecule has 1 aliphatic rings. The molecule has 0 aliphatic heterocycles. The molecule has 1 fully saturated rings. The van der Waals surface area contributed by atoms with E-state index in [1.54, 1.807) is 7.11 Å². The van der Waals surface area contributed by atoms with E-state index in [0.717, 1.165) is 31.0 Å². The maximum absolute atomic E-state index is 13.2. The number of hydrogen-bond donors (Lipinski definition) is 2. The maximum atomic E-state index is 13.2. The molecule has 8 heteroatoms. The Morgan fingerprint density at radius 1 is 1.36 bits per heavy atom. The molecule has 0 heterocycles. The summed E-state index contributed by atoms with van der Waals surface area (Å²) in [6.45, 7) is -3.06. The summed E-state index contributed by atoms with van der Waals surface area (Å²) in [5, 5.41) is 5.02. The van der Waals surface area contributed by atoms with Crippen LogP contribution in [0.25, 0.3) is 0 Å². The van der Waals surface area contributed by atoms with Gasteiger partial charge in [-0.1, -0.05) is 0 Å². The summed E-state index contributed by atoms with van der Waals surface area (Å²) in [5.74, 6) is -0.968. The van der Waals surface area contributed by atoms with Crippen molar-refractivity contribution in [1.29, 1.82) is 0 Å². The van der Waals surface area contributed by atoms with Gasteiger partial charge in [-0.05, 0) is 31.4 Å². The highest BCUT2D eigenvalue weighted by molar-refractivity contribution is 5.91. The lowest BCUT2D eigenvalue weighted by molar-refractivity contribution is -0.0494. The Morgan fingerprint density at radius 2 is 2.14 bits per heavy atom. The summed E-state index contributed by atoms with van der Waals surface area (Å²) >= 11 is 0. The number of ether oxygens (including phenoxy) is 2. The van der Waals surface area contributed by atoms with Crippen LogP contribution < -0.4 is 15.4 Å². The third kappa shape index (κ3) is 4.52. The first kappa shape index (κ1) is 16.4. The van der Waals surface area contributed by atoms with Crippen LogP contribution in [0, 0.1) is 5.82 Å². The Morgan fingerprint density at radius 3 is 2.77 bits per heavy atom. The Hall–Kier alpha value is -1.96. The molecule has 2 N–H and O–H groups in total. The van der Waals surface area contributed by atoms with Gasteiger partial charge in [0.05, 0.1) is 11.8 Å². The van der Waals surface area contributed by atoms with Gasteiger partial charge in [0.15, 0.2) is 0 Å². The van der Waals surface area contributed by atoms with E-state index in [4.69, 9.17) is 4.74 Å². The second-order valence-electron chi connectivity index (χ2n) is 4.99. The molecule has 0 bridgehead atoms.